The third-order valence-electron chi connectivity index (χ3n) is 3.07. The van der Waals surface area contributed by atoms with Crippen molar-refractivity contribution in [3.63, 3.8) is 0 Å². The zero-order valence-corrected chi connectivity index (χ0v) is 14.5. The average Bonchev–Trinajstić information content (AvgIpc) is 2.68. The number of benzene rings is 1. The minimum atomic E-state index is -3.88. The summed E-state index contributed by atoms with van der Waals surface area (Å²) >= 11 is 3.06. The summed E-state index contributed by atoms with van der Waals surface area (Å²) in [4.78, 5) is 11.9. The number of sulfone groups is 1. The Hall–Kier alpha value is -0.640. The van der Waals surface area contributed by atoms with Gasteiger partial charge in [0, 0.05) is 20.8 Å². The number of halogens is 2. The number of hydrogen-bond donors (Lipinski definition) is 1. The lowest BCUT2D eigenvalue weighted by atomic mass is 10.1. The lowest BCUT2D eigenvalue weighted by Gasteiger charge is -2.10. The molecule has 0 aliphatic carbocycles. The van der Waals surface area contributed by atoms with E-state index in [0.29, 0.717) is 12.1 Å². The Kier molecular flexibility index (Phi) is 4.67. The maximum atomic E-state index is 12.0. The van der Waals surface area contributed by atoms with Crippen LogP contribution < -0.4 is 5.32 Å². The van der Waals surface area contributed by atoms with Gasteiger partial charge in [-0.2, -0.15) is 0 Å². The first-order chi connectivity index (χ1) is 9.58. The highest BCUT2D eigenvalue weighted by Gasteiger charge is 2.33. The van der Waals surface area contributed by atoms with Gasteiger partial charge in [-0.25, -0.2) is 16.8 Å². The van der Waals surface area contributed by atoms with Crippen molar-refractivity contribution in [2.24, 2.45) is 5.92 Å². The van der Waals surface area contributed by atoms with Crippen molar-refractivity contribution in [2.45, 2.75) is 11.3 Å². The molecule has 1 aromatic rings. The van der Waals surface area contributed by atoms with Crippen LogP contribution in [0.5, 0.6) is 0 Å². The highest BCUT2D eigenvalue weighted by atomic mass is 79.9. The normalized spacial score (nSPS) is 21.1. The molecule has 116 valence electrons. The first-order valence-corrected chi connectivity index (χ1v) is 10.8. The van der Waals surface area contributed by atoms with E-state index in [1.165, 1.54) is 18.2 Å². The second-order valence-electron chi connectivity index (χ2n) is 4.67. The van der Waals surface area contributed by atoms with Gasteiger partial charge in [-0.15, -0.1) is 0 Å². The van der Waals surface area contributed by atoms with Gasteiger partial charge in [0.2, 0.25) is 5.91 Å². The smallest absolute Gasteiger partial charge is 0.262 e. The number of nitrogens with one attached hydrogen (secondary N) is 1. The van der Waals surface area contributed by atoms with Crippen LogP contribution in [0.3, 0.4) is 0 Å². The van der Waals surface area contributed by atoms with Crippen LogP contribution in [-0.2, 0) is 23.7 Å². The van der Waals surface area contributed by atoms with Crippen LogP contribution in [0, 0.1) is 5.92 Å². The van der Waals surface area contributed by atoms with Crippen LogP contribution in [0.15, 0.2) is 27.6 Å². The summed E-state index contributed by atoms with van der Waals surface area (Å²) in [6, 6.07) is 4.05. The summed E-state index contributed by atoms with van der Waals surface area (Å²) in [6.07, 6.45) is 0.295. The summed E-state index contributed by atoms with van der Waals surface area (Å²) in [5.74, 6) is -1.12. The van der Waals surface area contributed by atoms with Crippen LogP contribution in [0.25, 0.3) is 0 Å². The van der Waals surface area contributed by atoms with E-state index in [0.717, 1.165) is 0 Å². The van der Waals surface area contributed by atoms with Crippen molar-refractivity contribution < 1.29 is 21.6 Å². The zero-order valence-electron chi connectivity index (χ0n) is 10.5. The van der Waals surface area contributed by atoms with Crippen LogP contribution in [0.2, 0.25) is 0 Å². The van der Waals surface area contributed by atoms with E-state index < -0.39 is 30.7 Å². The molecule has 1 saturated heterocycles. The fourth-order valence-corrected chi connectivity index (χ4v) is 5.99. The third-order valence-corrected chi connectivity index (χ3v) is 7.13. The molecule has 0 aromatic heterocycles. The van der Waals surface area contributed by atoms with Gasteiger partial charge in [0.15, 0.2) is 9.84 Å². The molecule has 0 spiro atoms. The van der Waals surface area contributed by atoms with E-state index in [1.54, 1.807) is 0 Å². The molecule has 21 heavy (non-hydrogen) atoms. The molecule has 2 rings (SSSR count). The largest absolute Gasteiger partial charge is 0.326 e. The van der Waals surface area contributed by atoms with Crippen molar-refractivity contribution in [1.82, 2.24) is 0 Å². The van der Waals surface area contributed by atoms with Crippen LogP contribution >= 0.6 is 26.6 Å². The van der Waals surface area contributed by atoms with Gasteiger partial charge in [0.25, 0.3) is 9.05 Å². The zero-order chi connectivity index (χ0) is 15.8. The van der Waals surface area contributed by atoms with Gasteiger partial charge in [-0.3, -0.25) is 4.79 Å². The molecule has 1 heterocycles. The van der Waals surface area contributed by atoms with Gasteiger partial charge in [0.1, 0.15) is 0 Å². The molecule has 1 aromatic carbocycles. The molecule has 1 atom stereocenters. The summed E-state index contributed by atoms with van der Waals surface area (Å²) in [6.45, 7) is 0. The second kappa shape index (κ2) is 5.86. The Morgan fingerprint density at radius 2 is 2.05 bits per heavy atom. The van der Waals surface area contributed by atoms with Gasteiger partial charge in [-0.1, -0.05) is 0 Å². The Balaban J connectivity index is 2.14. The Labute approximate surface area is 135 Å². The fourth-order valence-electron chi connectivity index (χ4n) is 2.02. The predicted octanol–water partition coefficient (Wildman–Crippen LogP) is 1.75. The molecule has 0 radical (unpaired) electrons. The summed E-state index contributed by atoms with van der Waals surface area (Å²) < 4.78 is 45.4. The van der Waals surface area contributed by atoms with Crippen LogP contribution in [-0.4, -0.2) is 34.2 Å². The van der Waals surface area contributed by atoms with Gasteiger partial charge < -0.3 is 5.32 Å². The van der Waals surface area contributed by atoms with Crippen molar-refractivity contribution in [3.05, 3.63) is 22.7 Å². The Morgan fingerprint density at radius 1 is 1.38 bits per heavy atom. The molecule has 1 fully saturated rings. The highest BCUT2D eigenvalue weighted by molar-refractivity contribution is 9.10. The van der Waals surface area contributed by atoms with Gasteiger partial charge in [0.05, 0.1) is 22.3 Å². The number of hydrogen-bond acceptors (Lipinski definition) is 5. The van der Waals surface area contributed by atoms with Crippen molar-refractivity contribution in [1.29, 1.82) is 0 Å². The molecule has 1 unspecified atom stereocenters. The number of carbonyl (C=O) groups excluding carboxylic acids is 1. The van der Waals surface area contributed by atoms with Gasteiger partial charge in [-0.05, 0) is 40.5 Å². The summed E-state index contributed by atoms with van der Waals surface area (Å²) in [7, 11) is -1.77. The Morgan fingerprint density at radius 3 is 2.52 bits per heavy atom. The Bertz CT molecular complexity index is 791. The summed E-state index contributed by atoms with van der Waals surface area (Å²) in [5, 5.41) is 2.57. The molecule has 1 amide bonds. The second-order valence-corrected chi connectivity index (χ2v) is 10.3. The maximum absolute atomic E-state index is 12.0. The number of carbonyl (C=O) groups is 1. The molecular weight excluding hydrogens is 406 g/mol. The minimum absolute atomic E-state index is 0.0121. The number of anilines is 1. The quantitative estimate of drug-likeness (QED) is 0.757. The molecule has 6 nitrogen and oxygen atoms in total. The molecule has 0 saturated carbocycles. The van der Waals surface area contributed by atoms with Crippen molar-refractivity contribution >= 4 is 57.1 Å². The lowest BCUT2D eigenvalue weighted by Crippen LogP contribution is -2.23. The van der Waals surface area contributed by atoms with Gasteiger partial charge >= 0.3 is 0 Å². The van der Waals surface area contributed by atoms with Crippen LogP contribution in [0.4, 0.5) is 5.69 Å². The SMILES string of the molecule is O=C(Nc1ccc(S(=O)(=O)Cl)c(Br)c1)C1CCS(=O)(=O)C1. The average molecular weight is 417 g/mol. The highest BCUT2D eigenvalue weighted by Crippen LogP contribution is 2.28. The molecule has 10 heteroatoms. The molecule has 1 N–H and O–H groups in total. The number of amides is 1. The summed E-state index contributed by atoms with van der Waals surface area (Å²) in [5.41, 5.74) is 0.361. The molecule has 0 bridgehead atoms. The number of rotatable bonds is 3. The standard InChI is InChI=1S/C11H11BrClNO5S2/c12-9-5-8(1-2-10(9)21(13,18)19)14-11(15)7-3-4-20(16,17)6-7/h1-2,5,7H,3-4,6H2,(H,14,15). The lowest BCUT2D eigenvalue weighted by molar-refractivity contribution is -0.119. The fraction of sp³-hybridized carbons (Fsp3) is 0.364. The van der Waals surface area contributed by atoms with E-state index in [4.69, 9.17) is 10.7 Å². The molecule has 1 aliphatic heterocycles. The predicted molar refractivity (Wildman–Crippen MR) is 82.6 cm³/mol. The van der Waals surface area contributed by atoms with E-state index in [2.05, 4.69) is 21.2 Å². The van der Waals surface area contributed by atoms with E-state index in [-0.39, 0.29) is 20.9 Å². The first kappa shape index (κ1) is 16.7. The topological polar surface area (TPSA) is 97.4 Å². The molecule has 1 aliphatic rings. The van der Waals surface area contributed by atoms with E-state index in [9.17, 15) is 21.6 Å². The monoisotopic (exact) mass is 415 g/mol. The maximum Gasteiger partial charge on any atom is 0.262 e. The minimum Gasteiger partial charge on any atom is -0.326 e. The third kappa shape index (κ3) is 4.18. The van der Waals surface area contributed by atoms with Crippen molar-refractivity contribution in [3.8, 4) is 0 Å². The van der Waals surface area contributed by atoms with E-state index >= 15 is 0 Å². The molecular formula is C11H11BrClNO5S2. The first-order valence-electron chi connectivity index (χ1n) is 5.84. The van der Waals surface area contributed by atoms with E-state index in [1.807, 2.05) is 0 Å². The van der Waals surface area contributed by atoms with Crippen LogP contribution in [0.1, 0.15) is 6.42 Å². The van der Waals surface area contributed by atoms with Crippen molar-refractivity contribution in [2.75, 3.05) is 16.8 Å².